The topological polar surface area (TPSA) is 62.2 Å². The van der Waals surface area contributed by atoms with Gasteiger partial charge >= 0.3 is 5.97 Å². The highest BCUT2D eigenvalue weighted by Gasteiger charge is 2.10. The molecule has 0 amide bonds. The van der Waals surface area contributed by atoms with Gasteiger partial charge in [-0.2, -0.15) is 0 Å². The molecule has 0 saturated carbocycles. The van der Waals surface area contributed by atoms with Gasteiger partial charge < -0.3 is 10.4 Å². The highest BCUT2D eigenvalue weighted by molar-refractivity contribution is 7.15. The molecule has 0 aromatic carbocycles. The van der Waals surface area contributed by atoms with Crippen molar-refractivity contribution >= 4 is 22.4 Å². The van der Waals surface area contributed by atoms with Crippen LogP contribution in [0.3, 0.4) is 0 Å². The average Bonchev–Trinajstić information content (AvgIpc) is 2.45. The minimum atomic E-state index is -0.805. The molecule has 1 aromatic rings. The summed E-state index contributed by atoms with van der Waals surface area (Å²) in [7, 11) is 0. The van der Waals surface area contributed by atoms with Crippen molar-refractivity contribution in [3.8, 4) is 0 Å². The predicted octanol–water partition coefficient (Wildman–Crippen LogP) is 2.54. The van der Waals surface area contributed by atoms with E-state index in [4.69, 9.17) is 5.11 Å². The average molecular weight is 242 g/mol. The molecular weight excluding hydrogens is 224 g/mol. The molecule has 0 atom stereocenters. The zero-order chi connectivity index (χ0) is 12.1. The molecule has 16 heavy (non-hydrogen) atoms. The normalized spacial score (nSPS) is 10.8. The maximum atomic E-state index is 10.6. The third kappa shape index (κ3) is 4.18. The Kier molecular flexibility index (Phi) is 4.73. The lowest BCUT2D eigenvalue weighted by molar-refractivity contribution is -0.136. The summed E-state index contributed by atoms with van der Waals surface area (Å²) in [4.78, 5) is 15.7. The summed E-state index contributed by atoms with van der Waals surface area (Å²) in [6.07, 6.45) is 1.16. The highest BCUT2D eigenvalue weighted by atomic mass is 32.1. The number of aromatic nitrogens is 1. The van der Waals surface area contributed by atoms with E-state index in [1.54, 1.807) is 0 Å². The Labute approximate surface area is 99.7 Å². The van der Waals surface area contributed by atoms with Crippen LogP contribution in [0.1, 0.15) is 30.8 Å². The van der Waals surface area contributed by atoms with Crippen LogP contribution in [0.25, 0.3) is 0 Å². The van der Waals surface area contributed by atoms with Gasteiger partial charge in [0.2, 0.25) is 0 Å². The molecule has 4 nitrogen and oxygen atoms in total. The third-order valence-electron chi connectivity index (χ3n) is 2.20. The van der Waals surface area contributed by atoms with Crippen molar-refractivity contribution in [2.24, 2.45) is 5.92 Å². The number of anilines is 1. The predicted molar refractivity (Wildman–Crippen MR) is 66.1 cm³/mol. The molecule has 1 heterocycles. The second-order valence-corrected chi connectivity index (χ2v) is 5.29. The van der Waals surface area contributed by atoms with E-state index in [0.29, 0.717) is 5.92 Å². The van der Waals surface area contributed by atoms with Gasteiger partial charge in [0.15, 0.2) is 5.13 Å². The fourth-order valence-electron chi connectivity index (χ4n) is 1.27. The Hall–Kier alpha value is -1.10. The summed E-state index contributed by atoms with van der Waals surface area (Å²) in [5, 5.41) is 12.8. The van der Waals surface area contributed by atoms with Crippen LogP contribution in [0.5, 0.6) is 0 Å². The maximum Gasteiger partial charge on any atom is 0.308 e. The Balaban J connectivity index is 2.52. The molecule has 0 radical (unpaired) electrons. The summed E-state index contributed by atoms with van der Waals surface area (Å²) >= 11 is 1.44. The summed E-state index contributed by atoms with van der Waals surface area (Å²) in [5.41, 5.74) is 0.819. The number of nitrogens with one attached hydrogen (secondary N) is 1. The second-order valence-electron chi connectivity index (χ2n) is 4.21. The van der Waals surface area contributed by atoms with Gasteiger partial charge in [-0.3, -0.25) is 4.79 Å². The number of aliphatic carboxylic acids is 1. The number of carboxylic acid groups (broad SMARTS) is 1. The van der Waals surface area contributed by atoms with E-state index in [-0.39, 0.29) is 6.42 Å². The fourth-order valence-corrected chi connectivity index (χ4v) is 2.25. The van der Waals surface area contributed by atoms with Crippen molar-refractivity contribution in [1.82, 2.24) is 4.98 Å². The molecule has 0 unspecified atom stereocenters. The van der Waals surface area contributed by atoms with Gasteiger partial charge in [-0.25, -0.2) is 4.98 Å². The molecule has 0 spiro atoms. The van der Waals surface area contributed by atoms with Crippen LogP contribution in [0, 0.1) is 12.8 Å². The standard InChI is InChI=1S/C11H18N2O2S/c1-7(2)4-5-12-11-13-8(3)9(16-11)6-10(14)15/h7H,4-6H2,1-3H3,(H,12,13)(H,14,15). The largest absolute Gasteiger partial charge is 0.481 e. The van der Waals surface area contributed by atoms with E-state index < -0.39 is 5.97 Å². The first-order valence-electron chi connectivity index (χ1n) is 5.41. The quantitative estimate of drug-likeness (QED) is 0.804. The SMILES string of the molecule is Cc1nc(NCCC(C)C)sc1CC(=O)O. The Morgan fingerprint density at radius 2 is 2.25 bits per heavy atom. The molecule has 0 aliphatic heterocycles. The van der Waals surface area contributed by atoms with E-state index in [1.807, 2.05) is 6.92 Å². The van der Waals surface area contributed by atoms with Gasteiger partial charge in [-0.1, -0.05) is 13.8 Å². The van der Waals surface area contributed by atoms with E-state index in [9.17, 15) is 4.79 Å². The van der Waals surface area contributed by atoms with Gasteiger partial charge in [-0.05, 0) is 19.3 Å². The van der Waals surface area contributed by atoms with E-state index in [1.165, 1.54) is 11.3 Å². The van der Waals surface area contributed by atoms with Crippen LogP contribution < -0.4 is 5.32 Å². The number of carboxylic acids is 1. The zero-order valence-corrected chi connectivity index (χ0v) is 10.7. The summed E-state index contributed by atoms with van der Waals surface area (Å²) in [6.45, 7) is 7.08. The van der Waals surface area contributed by atoms with Crippen molar-refractivity contribution in [2.75, 3.05) is 11.9 Å². The van der Waals surface area contributed by atoms with Crippen LogP contribution in [-0.4, -0.2) is 22.6 Å². The Bertz CT molecular complexity index is 361. The number of hydrogen-bond donors (Lipinski definition) is 2. The number of aryl methyl sites for hydroxylation is 1. The number of hydrogen-bond acceptors (Lipinski definition) is 4. The van der Waals surface area contributed by atoms with Crippen LogP contribution in [-0.2, 0) is 11.2 Å². The molecule has 0 fully saturated rings. The number of thiazole rings is 1. The summed E-state index contributed by atoms with van der Waals surface area (Å²) < 4.78 is 0. The monoisotopic (exact) mass is 242 g/mol. The lowest BCUT2D eigenvalue weighted by atomic mass is 10.1. The van der Waals surface area contributed by atoms with E-state index in [2.05, 4.69) is 24.1 Å². The molecule has 90 valence electrons. The van der Waals surface area contributed by atoms with E-state index >= 15 is 0 Å². The van der Waals surface area contributed by atoms with Crippen LogP contribution in [0.4, 0.5) is 5.13 Å². The molecule has 0 aliphatic rings. The zero-order valence-electron chi connectivity index (χ0n) is 9.91. The van der Waals surface area contributed by atoms with Crippen molar-refractivity contribution < 1.29 is 9.90 Å². The van der Waals surface area contributed by atoms with Gasteiger partial charge in [0.25, 0.3) is 0 Å². The molecule has 0 bridgehead atoms. The Morgan fingerprint density at radius 1 is 1.56 bits per heavy atom. The smallest absolute Gasteiger partial charge is 0.308 e. The first-order valence-corrected chi connectivity index (χ1v) is 6.22. The lowest BCUT2D eigenvalue weighted by Gasteiger charge is -2.04. The number of rotatable bonds is 6. The van der Waals surface area contributed by atoms with Crippen molar-refractivity contribution in [2.45, 2.75) is 33.6 Å². The molecule has 5 heteroatoms. The first-order chi connectivity index (χ1) is 7.49. The molecular formula is C11H18N2O2S. The molecule has 1 rings (SSSR count). The van der Waals surface area contributed by atoms with Crippen LogP contribution in [0.2, 0.25) is 0 Å². The first kappa shape index (κ1) is 13.0. The highest BCUT2D eigenvalue weighted by Crippen LogP contribution is 2.23. The van der Waals surface area contributed by atoms with Crippen molar-refractivity contribution in [1.29, 1.82) is 0 Å². The third-order valence-corrected chi connectivity index (χ3v) is 3.32. The van der Waals surface area contributed by atoms with Crippen LogP contribution in [0.15, 0.2) is 0 Å². The number of nitrogens with zero attached hydrogens (tertiary/aromatic N) is 1. The Morgan fingerprint density at radius 3 is 2.81 bits per heavy atom. The fraction of sp³-hybridized carbons (Fsp3) is 0.636. The molecule has 1 aromatic heterocycles. The minimum Gasteiger partial charge on any atom is -0.481 e. The summed E-state index contributed by atoms with van der Waals surface area (Å²) in [5.74, 6) is -0.146. The summed E-state index contributed by atoms with van der Waals surface area (Å²) in [6, 6.07) is 0. The van der Waals surface area contributed by atoms with Gasteiger partial charge in [0.1, 0.15) is 0 Å². The minimum absolute atomic E-state index is 0.0648. The number of carbonyl (C=O) groups is 1. The maximum absolute atomic E-state index is 10.6. The second kappa shape index (κ2) is 5.84. The van der Waals surface area contributed by atoms with E-state index in [0.717, 1.165) is 28.7 Å². The van der Waals surface area contributed by atoms with Gasteiger partial charge in [-0.15, -0.1) is 11.3 Å². The molecule has 2 N–H and O–H groups in total. The van der Waals surface area contributed by atoms with Crippen LogP contribution >= 0.6 is 11.3 Å². The lowest BCUT2D eigenvalue weighted by Crippen LogP contribution is -2.04. The van der Waals surface area contributed by atoms with Gasteiger partial charge in [0, 0.05) is 11.4 Å². The van der Waals surface area contributed by atoms with Crippen molar-refractivity contribution in [3.63, 3.8) is 0 Å². The van der Waals surface area contributed by atoms with Crippen molar-refractivity contribution in [3.05, 3.63) is 10.6 Å². The molecule has 0 saturated heterocycles. The molecule has 0 aliphatic carbocycles. The van der Waals surface area contributed by atoms with Gasteiger partial charge in [0.05, 0.1) is 12.1 Å².